The minimum atomic E-state index is -1.07. The second-order valence-electron chi connectivity index (χ2n) is 6.22. The number of aromatic amines is 1. The van der Waals surface area contributed by atoms with E-state index in [-0.39, 0.29) is 12.3 Å². The predicted octanol–water partition coefficient (Wildman–Crippen LogP) is 4.14. The average molecular weight is 362 g/mol. The van der Waals surface area contributed by atoms with Gasteiger partial charge in [-0.3, -0.25) is 0 Å². The number of carboxylic acid groups (broad SMARTS) is 1. The minimum Gasteiger partial charge on any atom is -0.489 e. The summed E-state index contributed by atoms with van der Waals surface area (Å²) < 4.78 is 11.2. The summed E-state index contributed by atoms with van der Waals surface area (Å²) in [6, 6.07) is 15.7. The molecule has 0 spiro atoms. The smallest absolute Gasteiger partial charge is 0.354 e. The molecule has 2 aromatic heterocycles. The summed E-state index contributed by atoms with van der Waals surface area (Å²) in [6.07, 6.45) is 1.54. The van der Waals surface area contributed by atoms with E-state index in [1.165, 1.54) is 7.11 Å². The molecule has 0 amide bonds. The van der Waals surface area contributed by atoms with Gasteiger partial charge in [-0.15, -0.1) is 0 Å². The zero-order valence-electron chi connectivity index (χ0n) is 14.7. The molecule has 4 aromatic rings. The lowest BCUT2D eigenvalue weighted by Gasteiger charge is -2.08. The van der Waals surface area contributed by atoms with Crippen LogP contribution in [0.1, 0.15) is 21.6 Å². The van der Waals surface area contributed by atoms with Crippen LogP contribution in [-0.4, -0.2) is 28.2 Å². The Morgan fingerprint density at radius 2 is 1.93 bits per heavy atom. The number of rotatable bonds is 6. The molecule has 0 saturated heterocycles. The Balaban J connectivity index is 1.80. The number of benzene rings is 2. The number of aromatic carboxylic acids is 1. The second kappa shape index (κ2) is 7.09. The number of aromatic nitrogens is 2. The van der Waals surface area contributed by atoms with Crippen LogP contribution >= 0.6 is 0 Å². The molecule has 4 rings (SSSR count). The molecule has 27 heavy (non-hydrogen) atoms. The Bertz CT molecular complexity index is 1120. The van der Waals surface area contributed by atoms with Crippen molar-refractivity contribution in [2.24, 2.45) is 0 Å². The van der Waals surface area contributed by atoms with Crippen LogP contribution in [0, 0.1) is 0 Å². The van der Waals surface area contributed by atoms with Gasteiger partial charge in [-0.25, -0.2) is 9.78 Å². The maximum absolute atomic E-state index is 11.6. The van der Waals surface area contributed by atoms with E-state index in [1.807, 2.05) is 48.5 Å². The third-order valence-electron chi connectivity index (χ3n) is 4.45. The molecule has 0 saturated carbocycles. The van der Waals surface area contributed by atoms with Crippen LogP contribution in [0.2, 0.25) is 0 Å². The molecule has 136 valence electrons. The van der Waals surface area contributed by atoms with Crippen molar-refractivity contribution in [2.75, 3.05) is 7.11 Å². The lowest BCUT2D eigenvalue weighted by Crippen LogP contribution is -2.07. The van der Waals surface area contributed by atoms with E-state index >= 15 is 0 Å². The molecule has 0 fully saturated rings. The number of H-pyrrole nitrogens is 1. The summed E-state index contributed by atoms with van der Waals surface area (Å²) in [7, 11) is 1.54. The molecule has 2 heterocycles. The molecule has 0 aliphatic rings. The summed E-state index contributed by atoms with van der Waals surface area (Å²) in [5.74, 6) is -0.362. The normalized spacial score (nSPS) is 11.1. The highest BCUT2D eigenvalue weighted by Crippen LogP contribution is 2.32. The summed E-state index contributed by atoms with van der Waals surface area (Å²) in [5.41, 5.74) is 3.28. The molecule has 0 aliphatic heterocycles. The van der Waals surface area contributed by atoms with Crippen molar-refractivity contribution in [1.29, 1.82) is 0 Å². The molecule has 0 atom stereocenters. The van der Waals surface area contributed by atoms with E-state index in [0.717, 1.165) is 27.4 Å². The van der Waals surface area contributed by atoms with Crippen molar-refractivity contribution < 1.29 is 19.4 Å². The maximum atomic E-state index is 11.6. The number of hydrogen-bond acceptors (Lipinski definition) is 4. The van der Waals surface area contributed by atoms with Crippen LogP contribution in [0.4, 0.5) is 0 Å². The van der Waals surface area contributed by atoms with Crippen LogP contribution < -0.4 is 4.74 Å². The molecular formula is C21H18N2O4. The third kappa shape index (κ3) is 3.22. The first-order chi connectivity index (χ1) is 13.2. The predicted molar refractivity (Wildman–Crippen MR) is 102 cm³/mol. The lowest BCUT2D eigenvalue weighted by atomic mass is 10.1. The van der Waals surface area contributed by atoms with Crippen molar-refractivity contribution in [3.63, 3.8) is 0 Å². The van der Waals surface area contributed by atoms with E-state index in [0.29, 0.717) is 17.9 Å². The number of hydrogen-bond donors (Lipinski definition) is 2. The number of nitrogens with zero attached hydrogens (tertiary/aromatic N) is 1. The number of methoxy groups -OCH3 is 1. The van der Waals surface area contributed by atoms with Gasteiger partial charge in [0.25, 0.3) is 0 Å². The number of carboxylic acids is 1. The van der Waals surface area contributed by atoms with Crippen LogP contribution in [0.5, 0.6) is 5.75 Å². The first-order valence-corrected chi connectivity index (χ1v) is 8.49. The van der Waals surface area contributed by atoms with Gasteiger partial charge < -0.3 is 19.6 Å². The van der Waals surface area contributed by atoms with Gasteiger partial charge >= 0.3 is 5.97 Å². The minimum absolute atomic E-state index is 0.000794. The number of ether oxygens (including phenoxy) is 2. The molecular weight excluding hydrogens is 344 g/mol. The summed E-state index contributed by atoms with van der Waals surface area (Å²) >= 11 is 0. The van der Waals surface area contributed by atoms with Gasteiger partial charge in [0, 0.05) is 29.0 Å². The second-order valence-corrected chi connectivity index (χ2v) is 6.22. The summed E-state index contributed by atoms with van der Waals surface area (Å²) in [5, 5.41) is 11.2. The fourth-order valence-electron chi connectivity index (χ4n) is 3.24. The monoisotopic (exact) mass is 362 g/mol. The van der Waals surface area contributed by atoms with Gasteiger partial charge in [0.15, 0.2) is 5.69 Å². The van der Waals surface area contributed by atoms with Crippen molar-refractivity contribution in [2.45, 2.75) is 13.2 Å². The number of pyridine rings is 1. The molecule has 0 radical (unpaired) electrons. The average Bonchev–Trinajstić information content (AvgIpc) is 3.05. The highest BCUT2D eigenvalue weighted by Gasteiger charge is 2.19. The van der Waals surface area contributed by atoms with Gasteiger partial charge in [-0.2, -0.15) is 0 Å². The van der Waals surface area contributed by atoms with Gasteiger partial charge in [0.1, 0.15) is 12.4 Å². The van der Waals surface area contributed by atoms with E-state index < -0.39 is 5.97 Å². The Labute approximate surface area is 155 Å². The van der Waals surface area contributed by atoms with Crippen molar-refractivity contribution in [3.8, 4) is 5.75 Å². The molecule has 2 N–H and O–H groups in total. The fourth-order valence-corrected chi connectivity index (χ4v) is 3.24. The Hall–Kier alpha value is -3.38. The molecule has 6 nitrogen and oxygen atoms in total. The van der Waals surface area contributed by atoms with Crippen LogP contribution in [-0.2, 0) is 18.0 Å². The first kappa shape index (κ1) is 17.1. The van der Waals surface area contributed by atoms with E-state index in [4.69, 9.17) is 9.47 Å². The Morgan fingerprint density at radius 3 is 2.67 bits per heavy atom. The SMILES string of the molecule is COCc1c(C(=O)O)ncc2[nH]c3ccc(OCc4ccccc4)cc3c12. The molecule has 0 aliphatic carbocycles. The zero-order valence-corrected chi connectivity index (χ0v) is 14.7. The maximum Gasteiger partial charge on any atom is 0.354 e. The van der Waals surface area contributed by atoms with Gasteiger partial charge in [0.05, 0.1) is 18.3 Å². The summed E-state index contributed by atoms with van der Waals surface area (Å²) in [6.45, 7) is 0.621. The third-order valence-corrected chi connectivity index (χ3v) is 4.45. The quantitative estimate of drug-likeness (QED) is 0.538. The van der Waals surface area contributed by atoms with E-state index in [9.17, 15) is 9.90 Å². The Kier molecular flexibility index (Phi) is 4.48. The van der Waals surface area contributed by atoms with Gasteiger partial charge in [-0.05, 0) is 23.8 Å². The number of fused-ring (bicyclic) bond motifs is 3. The first-order valence-electron chi connectivity index (χ1n) is 8.49. The number of carbonyl (C=O) groups is 1. The largest absolute Gasteiger partial charge is 0.489 e. The van der Waals surface area contributed by atoms with Crippen molar-refractivity contribution in [1.82, 2.24) is 9.97 Å². The van der Waals surface area contributed by atoms with Crippen LogP contribution in [0.25, 0.3) is 21.8 Å². The summed E-state index contributed by atoms with van der Waals surface area (Å²) in [4.78, 5) is 18.9. The van der Waals surface area contributed by atoms with E-state index in [2.05, 4.69) is 9.97 Å². The zero-order chi connectivity index (χ0) is 18.8. The lowest BCUT2D eigenvalue weighted by molar-refractivity contribution is 0.0685. The molecule has 2 aromatic carbocycles. The molecule has 6 heteroatoms. The van der Waals surface area contributed by atoms with Crippen LogP contribution in [0.3, 0.4) is 0 Å². The van der Waals surface area contributed by atoms with Crippen molar-refractivity contribution in [3.05, 3.63) is 71.5 Å². The van der Waals surface area contributed by atoms with Gasteiger partial charge in [-0.1, -0.05) is 30.3 Å². The van der Waals surface area contributed by atoms with E-state index in [1.54, 1.807) is 6.20 Å². The highest BCUT2D eigenvalue weighted by molar-refractivity contribution is 6.11. The van der Waals surface area contributed by atoms with Crippen molar-refractivity contribution >= 4 is 27.8 Å². The highest BCUT2D eigenvalue weighted by atomic mass is 16.5. The van der Waals surface area contributed by atoms with Gasteiger partial charge in [0.2, 0.25) is 0 Å². The molecule has 0 bridgehead atoms. The standard InChI is InChI=1S/C21H18N2O4/c1-26-12-16-19-15-9-14(27-11-13-5-3-2-4-6-13)7-8-17(15)23-18(19)10-22-20(16)21(24)25/h2-10,23H,11-12H2,1H3,(H,24,25). The van der Waals surface area contributed by atoms with Crippen LogP contribution in [0.15, 0.2) is 54.7 Å². The fraction of sp³-hybridized carbons (Fsp3) is 0.143. The number of nitrogens with one attached hydrogen (secondary N) is 1. The molecule has 0 unspecified atom stereocenters. The topological polar surface area (TPSA) is 84.4 Å². The Morgan fingerprint density at radius 1 is 1.11 bits per heavy atom.